The number of hydrogen-bond donors (Lipinski definition) is 0. The van der Waals surface area contributed by atoms with Gasteiger partial charge in [0.1, 0.15) is 0 Å². The Kier molecular flexibility index (Phi) is 25.1. The van der Waals surface area contributed by atoms with Gasteiger partial charge in [0.25, 0.3) is 0 Å². The van der Waals surface area contributed by atoms with Gasteiger partial charge in [0.05, 0.1) is 0 Å². The van der Waals surface area contributed by atoms with E-state index in [9.17, 15) is 0 Å². The Balaban J connectivity index is -0.000000216. The fraction of sp³-hybridized carbons (Fsp3) is 0. The summed E-state index contributed by atoms with van der Waals surface area (Å²) in [5, 5.41) is 0. The molecule has 0 heterocycles. The van der Waals surface area contributed by atoms with Gasteiger partial charge in [0.2, 0.25) is 0 Å². The SMILES string of the molecule is Cl.P.[Ni+3].[c-]1ccccc1.[c-]1ccccc1.[c-]1ccccc1. The minimum atomic E-state index is 0. The molecule has 0 spiro atoms. The van der Waals surface area contributed by atoms with E-state index in [4.69, 9.17) is 0 Å². The van der Waals surface area contributed by atoms with Crippen LogP contribution < -0.4 is 0 Å². The number of rotatable bonds is 0. The first kappa shape index (κ1) is 24.9. The zero-order chi connectivity index (χ0) is 12.7. The molecule has 0 fully saturated rings. The van der Waals surface area contributed by atoms with Crippen molar-refractivity contribution in [3.05, 3.63) is 109 Å². The van der Waals surface area contributed by atoms with Gasteiger partial charge >= 0.3 is 16.5 Å². The van der Waals surface area contributed by atoms with Crippen molar-refractivity contribution in [1.29, 1.82) is 0 Å². The Morgan fingerprint density at radius 1 is 0.381 bits per heavy atom. The third kappa shape index (κ3) is 18.9. The second kappa shape index (κ2) is 21.2. The zero-order valence-electron chi connectivity index (χ0n) is 11.6. The molecule has 0 aromatic heterocycles. The van der Waals surface area contributed by atoms with Gasteiger partial charge in [0.15, 0.2) is 0 Å². The van der Waals surface area contributed by atoms with Gasteiger partial charge in [0, 0.05) is 0 Å². The van der Waals surface area contributed by atoms with Crippen molar-refractivity contribution in [3.63, 3.8) is 0 Å². The Bertz CT molecular complexity index is 308. The van der Waals surface area contributed by atoms with Gasteiger partial charge < -0.3 is 0 Å². The van der Waals surface area contributed by atoms with E-state index < -0.39 is 0 Å². The molecule has 0 amide bonds. The molecule has 0 bridgehead atoms. The fourth-order valence-electron chi connectivity index (χ4n) is 1.03. The molecule has 3 aromatic carbocycles. The van der Waals surface area contributed by atoms with Crippen molar-refractivity contribution in [2.75, 3.05) is 0 Å². The first-order valence-electron chi connectivity index (χ1n) is 5.73. The summed E-state index contributed by atoms with van der Waals surface area (Å²) in [7, 11) is 0. The van der Waals surface area contributed by atoms with Crippen molar-refractivity contribution in [2.24, 2.45) is 0 Å². The third-order valence-corrected chi connectivity index (χ3v) is 1.82. The number of halogens is 1. The third-order valence-electron chi connectivity index (χ3n) is 1.82. The van der Waals surface area contributed by atoms with Gasteiger partial charge in [-0.1, -0.05) is 0 Å². The van der Waals surface area contributed by atoms with Crippen LogP contribution in [0.15, 0.2) is 91.0 Å². The van der Waals surface area contributed by atoms with Gasteiger partial charge in [-0.2, -0.15) is 119 Å². The first-order chi connectivity index (χ1) is 9.00. The summed E-state index contributed by atoms with van der Waals surface area (Å²) in [5.74, 6) is 0. The molecule has 0 saturated heterocycles. The second-order valence-electron chi connectivity index (χ2n) is 3.23. The summed E-state index contributed by atoms with van der Waals surface area (Å²) in [5.41, 5.74) is 0. The van der Waals surface area contributed by atoms with E-state index >= 15 is 0 Å². The molecule has 0 aliphatic carbocycles. The summed E-state index contributed by atoms with van der Waals surface area (Å²) >= 11 is 0. The zero-order valence-corrected chi connectivity index (χ0v) is 14.8. The maximum atomic E-state index is 2.89. The first-order valence-corrected chi connectivity index (χ1v) is 5.73. The van der Waals surface area contributed by atoms with E-state index in [-0.39, 0.29) is 38.8 Å². The van der Waals surface area contributed by atoms with Gasteiger partial charge in [-0.15, -0.1) is 12.4 Å². The summed E-state index contributed by atoms with van der Waals surface area (Å²) in [4.78, 5) is 0. The van der Waals surface area contributed by atoms with Crippen molar-refractivity contribution in [1.82, 2.24) is 0 Å². The number of hydrogen-bond acceptors (Lipinski definition) is 0. The average Bonchev–Trinajstić information content (AvgIpc) is 2.54. The predicted octanol–water partition coefficient (Wildman–Crippen LogP) is 4.94. The second-order valence-corrected chi connectivity index (χ2v) is 3.23. The molecular formula is C18H19ClNiP. The van der Waals surface area contributed by atoms with Crippen LogP contribution in [0.1, 0.15) is 0 Å². The van der Waals surface area contributed by atoms with Crippen LogP contribution in [0.3, 0.4) is 0 Å². The molecule has 1 unspecified atom stereocenters. The van der Waals surface area contributed by atoms with E-state index in [1.165, 1.54) is 0 Å². The standard InChI is InChI=1S/3C6H5.ClH.Ni.H3P/c3*1-2-4-6-5-3-1;;;/h3*1-5H;1H;;1H3/q3*-1;;+3;. The van der Waals surface area contributed by atoms with E-state index in [0.717, 1.165) is 0 Å². The summed E-state index contributed by atoms with van der Waals surface area (Å²) in [6.45, 7) is 0. The van der Waals surface area contributed by atoms with Crippen LogP contribution in [0.5, 0.6) is 0 Å². The van der Waals surface area contributed by atoms with Crippen LogP contribution >= 0.6 is 22.3 Å². The minimum Gasteiger partial charge on any atom is -0.184 e. The molecule has 3 heteroatoms. The van der Waals surface area contributed by atoms with Gasteiger partial charge in [-0.25, -0.2) is 0 Å². The average molecular weight is 360 g/mol. The molecule has 3 aromatic rings. The molecule has 0 aliphatic rings. The summed E-state index contributed by atoms with van der Waals surface area (Å²) in [6, 6.07) is 37.5. The van der Waals surface area contributed by atoms with Crippen LogP contribution in [0.2, 0.25) is 0 Å². The van der Waals surface area contributed by atoms with E-state index in [2.05, 4.69) is 18.2 Å². The molecule has 113 valence electrons. The van der Waals surface area contributed by atoms with Crippen molar-refractivity contribution >= 4 is 22.3 Å². The maximum Gasteiger partial charge on any atom is 3.00 e. The summed E-state index contributed by atoms with van der Waals surface area (Å²) in [6.07, 6.45) is 0. The molecule has 0 nitrogen and oxygen atoms in total. The molecule has 1 atom stereocenters. The van der Waals surface area contributed by atoms with Crippen molar-refractivity contribution < 1.29 is 16.5 Å². The van der Waals surface area contributed by atoms with Crippen LogP contribution in [0, 0.1) is 18.2 Å². The summed E-state index contributed by atoms with van der Waals surface area (Å²) < 4.78 is 0. The monoisotopic (exact) mass is 359 g/mol. The quantitative estimate of drug-likeness (QED) is 0.303. The Labute approximate surface area is 148 Å². The van der Waals surface area contributed by atoms with E-state index in [1.54, 1.807) is 0 Å². The Morgan fingerprint density at radius 2 is 0.571 bits per heavy atom. The van der Waals surface area contributed by atoms with E-state index in [0.29, 0.717) is 0 Å². The Morgan fingerprint density at radius 3 is 0.619 bits per heavy atom. The maximum absolute atomic E-state index is 2.89. The van der Waals surface area contributed by atoms with E-state index in [1.807, 2.05) is 91.0 Å². The molecule has 0 aliphatic heterocycles. The largest absolute Gasteiger partial charge is 3.00 e. The molecule has 3 rings (SSSR count). The van der Waals surface area contributed by atoms with Crippen LogP contribution in [0.4, 0.5) is 0 Å². The minimum absolute atomic E-state index is 0. The molecule has 0 N–H and O–H groups in total. The van der Waals surface area contributed by atoms with Crippen molar-refractivity contribution in [3.8, 4) is 0 Å². The van der Waals surface area contributed by atoms with Gasteiger partial charge in [-0.3, -0.25) is 0 Å². The van der Waals surface area contributed by atoms with Gasteiger partial charge in [-0.05, 0) is 0 Å². The van der Waals surface area contributed by atoms with Crippen LogP contribution in [-0.4, -0.2) is 0 Å². The molecule has 1 radical (unpaired) electrons. The smallest absolute Gasteiger partial charge is 0.184 e. The normalized spacial score (nSPS) is 6.86. The Hall–Kier alpha value is -1.13. The topological polar surface area (TPSA) is 0 Å². The molecule has 21 heavy (non-hydrogen) atoms. The van der Waals surface area contributed by atoms with Crippen LogP contribution in [0.25, 0.3) is 0 Å². The predicted molar refractivity (Wildman–Crippen MR) is 94.2 cm³/mol. The fourth-order valence-corrected chi connectivity index (χ4v) is 1.03. The van der Waals surface area contributed by atoms with Crippen LogP contribution in [-0.2, 0) is 16.5 Å². The molecule has 0 saturated carbocycles. The number of benzene rings is 3. The molecular weight excluding hydrogens is 341 g/mol. The van der Waals surface area contributed by atoms with Crippen molar-refractivity contribution in [2.45, 2.75) is 0 Å².